The van der Waals surface area contributed by atoms with Crippen LogP contribution in [0.4, 0.5) is 17.3 Å². The number of anilines is 3. The Kier molecular flexibility index (Phi) is 7.11. The van der Waals surface area contributed by atoms with Gasteiger partial charge in [-0.1, -0.05) is 43.5 Å². The Hall–Kier alpha value is -4.04. The average molecular weight is 525 g/mol. The fraction of sp³-hybridized carbons (Fsp3) is 0.355. The number of fused-ring (bicyclic) bond motifs is 1. The predicted octanol–water partition coefficient (Wildman–Crippen LogP) is 6.08. The van der Waals surface area contributed by atoms with Crippen molar-refractivity contribution in [2.24, 2.45) is 0 Å². The highest BCUT2D eigenvalue weighted by atomic mass is 16.5. The first-order valence-corrected chi connectivity index (χ1v) is 13.7. The number of hydrogen-bond acceptors (Lipinski definition) is 8. The van der Waals surface area contributed by atoms with Crippen LogP contribution in [-0.4, -0.2) is 42.1 Å². The molecule has 2 aromatic carbocycles. The summed E-state index contributed by atoms with van der Waals surface area (Å²) in [7, 11) is 0. The predicted molar refractivity (Wildman–Crippen MR) is 152 cm³/mol. The van der Waals surface area contributed by atoms with Crippen molar-refractivity contribution in [1.29, 1.82) is 0 Å². The Labute approximate surface area is 227 Å². The summed E-state index contributed by atoms with van der Waals surface area (Å²) >= 11 is 0. The number of Topliss-reactive ketones (excluding diaryl/α,β-unsaturated/α-hetero) is 1. The van der Waals surface area contributed by atoms with Crippen LogP contribution in [-0.2, 0) is 4.74 Å². The van der Waals surface area contributed by atoms with Crippen LogP contribution in [0.25, 0.3) is 22.2 Å². The van der Waals surface area contributed by atoms with Crippen molar-refractivity contribution in [3.8, 4) is 11.3 Å². The molecule has 1 N–H and O–H groups in total. The van der Waals surface area contributed by atoms with Gasteiger partial charge in [0.25, 0.3) is 0 Å². The zero-order valence-electron chi connectivity index (χ0n) is 22.1. The Balaban J connectivity index is 1.34. The number of ketones is 1. The SMILES string of the molecule is CC(=O)c1c(N2CCOCC2)c2ccc(Nc3nccc(-c4ccccc4C4CCCCC4)n3)cc2oc1=O. The average Bonchev–Trinajstić information content (AvgIpc) is 2.97. The summed E-state index contributed by atoms with van der Waals surface area (Å²) < 4.78 is 11.1. The molecule has 8 nitrogen and oxygen atoms in total. The lowest BCUT2D eigenvalue weighted by Gasteiger charge is -2.30. The maximum Gasteiger partial charge on any atom is 0.349 e. The Morgan fingerprint density at radius 3 is 2.62 bits per heavy atom. The first-order chi connectivity index (χ1) is 19.1. The van der Waals surface area contributed by atoms with Crippen molar-refractivity contribution in [2.45, 2.75) is 44.9 Å². The minimum atomic E-state index is -0.633. The van der Waals surface area contributed by atoms with Gasteiger partial charge in [-0.05, 0) is 49.4 Å². The number of rotatable bonds is 6. The van der Waals surface area contributed by atoms with Gasteiger partial charge in [-0.25, -0.2) is 14.8 Å². The smallest absolute Gasteiger partial charge is 0.349 e. The molecule has 0 bridgehead atoms. The fourth-order valence-corrected chi connectivity index (χ4v) is 5.89. The van der Waals surface area contributed by atoms with Crippen LogP contribution in [0.1, 0.15) is 60.9 Å². The molecule has 1 aliphatic heterocycles. The maximum atomic E-state index is 12.9. The van der Waals surface area contributed by atoms with E-state index in [0.29, 0.717) is 60.5 Å². The minimum absolute atomic E-state index is 0.0813. The highest BCUT2D eigenvalue weighted by Gasteiger charge is 2.25. The Morgan fingerprint density at radius 2 is 1.82 bits per heavy atom. The van der Waals surface area contributed by atoms with Crippen LogP contribution in [0.15, 0.2) is 63.9 Å². The molecule has 8 heteroatoms. The molecule has 0 unspecified atom stereocenters. The summed E-state index contributed by atoms with van der Waals surface area (Å²) in [5, 5.41) is 3.99. The van der Waals surface area contributed by atoms with Crippen molar-refractivity contribution >= 4 is 34.1 Å². The second-order valence-electron chi connectivity index (χ2n) is 10.3. The number of benzene rings is 2. The van der Waals surface area contributed by atoms with Gasteiger partial charge < -0.3 is 19.4 Å². The summed E-state index contributed by atoms with van der Waals surface area (Å²) in [6.45, 7) is 3.67. The molecular formula is C31H32N4O4. The highest BCUT2D eigenvalue weighted by molar-refractivity contribution is 6.07. The normalized spacial score (nSPS) is 16.4. The zero-order valence-corrected chi connectivity index (χ0v) is 22.1. The van der Waals surface area contributed by atoms with E-state index in [1.54, 1.807) is 12.3 Å². The standard InChI is InChI=1S/C31H32N4O4/c1-20(36)28-29(35-15-17-38-18-16-35)25-12-11-22(19-27(25)39-30(28)37)33-31-32-14-13-26(34-31)24-10-6-5-9-23(24)21-7-3-2-4-8-21/h5-6,9-14,19,21H,2-4,7-8,15-18H2,1H3,(H,32,33,34). The van der Waals surface area contributed by atoms with Gasteiger partial charge in [0.05, 0.1) is 24.6 Å². The molecule has 1 saturated heterocycles. The van der Waals surface area contributed by atoms with Crippen LogP contribution < -0.4 is 15.8 Å². The van der Waals surface area contributed by atoms with E-state index in [1.165, 1.54) is 44.6 Å². The highest BCUT2D eigenvalue weighted by Crippen LogP contribution is 2.38. The molecular weight excluding hydrogens is 492 g/mol. The molecule has 4 aromatic rings. The number of hydrogen-bond donors (Lipinski definition) is 1. The van der Waals surface area contributed by atoms with E-state index in [0.717, 1.165) is 11.3 Å². The summed E-state index contributed by atoms with van der Waals surface area (Å²) in [5.41, 5.74) is 4.52. The number of nitrogens with zero attached hydrogens (tertiary/aromatic N) is 3. The summed E-state index contributed by atoms with van der Waals surface area (Å²) in [6.07, 6.45) is 8.06. The fourth-order valence-electron chi connectivity index (χ4n) is 5.89. The third kappa shape index (κ3) is 5.16. The summed E-state index contributed by atoms with van der Waals surface area (Å²) in [4.78, 5) is 36.6. The second kappa shape index (κ2) is 11.0. The third-order valence-corrected chi connectivity index (χ3v) is 7.75. The van der Waals surface area contributed by atoms with Crippen molar-refractivity contribution in [3.63, 3.8) is 0 Å². The molecule has 2 fully saturated rings. The molecule has 0 atom stereocenters. The molecule has 1 aliphatic carbocycles. The topological polar surface area (TPSA) is 97.6 Å². The van der Waals surface area contributed by atoms with Gasteiger partial charge in [0.1, 0.15) is 11.1 Å². The van der Waals surface area contributed by atoms with E-state index in [2.05, 4.69) is 34.6 Å². The lowest BCUT2D eigenvalue weighted by Crippen LogP contribution is -2.38. The van der Waals surface area contributed by atoms with Gasteiger partial charge in [0.2, 0.25) is 5.95 Å². The molecule has 6 rings (SSSR count). The van der Waals surface area contributed by atoms with Gasteiger partial charge in [0.15, 0.2) is 5.78 Å². The van der Waals surface area contributed by atoms with E-state index in [1.807, 2.05) is 23.1 Å². The van der Waals surface area contributed by atoms with Crippen molar-refractivity contribution in [3.05, 3.63) is 76.3 Å². The van der Waals surface area contributed by atoms with Crippen LogP contribution in [0.2, 0.25) is 0 Å². The van der Waals surface area contributed by atoms with Crippen molar-refractivity contribution in [1.82, 2.24) is 9.97 Å². The Morgan fingerprint density at radius 1 is 1.03 bits per heavy atom. The van der Waals surface area contributed by atoms with E-state index in [-0.39, 0.29) is 11.3 Å². The summed E-state index contributed by atoms with van der Waals surface area (Å²) in [5.74, 6) is 0.708. The monoisotopic (exact) mass is 524 g/mol. The van der Waals surface area contributed by atoms with Gasteiger partial charge in [-0.3, -0.25) is 4.79 Å². The molecule has 39 heavy (non-hydrogen) atoms. The second-order valence-corrected chi connectivity index (χ2v) is 10.3. The lowest BCUT2D eigenvalue weighted by molar-refractivity contribution is 0.101. The van der Waals surface area contributed by atoms with Crippen LogP contribution in [0.5, 0.6) is 0 Å². The van der Waals surface area contributed by atoms with Crippen LogP contribution in [0, 0.1) is 0 Å². The first-order valence-electron chi connectivity index (χ1n) is 13.7. The first kappa shape index (κ1) is 25.2. The number of morpholine rings is 1. The number of carbonyl (C=O) groups excluding carboxylic acids is 1. The zero-order chi connectivity index (χ0) is 26.8. The van der Waals surface area contributed by atoms with E-state index in [9.17, 15) is 9.59 Å². The lowest BCUT2D eigenvalue weighted by atomic mass is 9.81. The molecule has 200 valence electrons. The van der Waals surface area contributed by atoms with E-state index < -0.39 is 5.63 Å². The molecule has 2 aromatic heterocycles. The third-order valence-electron chi connectivity index (χ3n) is 7.75. The Bertz CT molecular complexity index is 1570. The molecule has 0 radical (unpaired) electrons. The molecule has 2 aliphatic rings. The van der Waals surface area contributed by atoms with Gasteiger partial charge in [-0.15, -0.1) is 0 Å². The number of nitrogens with one attached hydrogen (secondary N) is 1. The van der Waals surface area contributed by atoms with Crippen LogP contribution >= 0.6 is 0 Å². The number of carbonyl (C=O) groups is 1. The van der Waals surface area contributed by atoms with Gasteiger partial charge in [-0.2, -0.15) is 0 Å². The largest absolute Gasteiger partial charge is 0.422 e. The van der Waals surface area contributed by atoms with E-state index in [4.69, 9.17) is 14.1 Å². The number of aromatic nitrogens is 2. The summed E-state index contributed by atoms with van der Waals surface area (Å²) in [6, 6.07) is 16.0. The van der Waals surface area contributed by atoms with Crippen molar-refractivity contribution < 1.29 is 13.9 Å². The van der Waals surface area contributed by atoms with E-state index >= 15 is 0 Å². The van der Waals surface area contributed by atoms with Gasteiger partial charge >= 0.3 is 5.63 Å². The quantitative estimate of drug-likeness (QED) is 0.239. The molecule has 0 spiro atoms. The maximum absolute atomic E-state index is 12.9. The van der Waals surface area contributed by atoms with Crippen LogP contribution in [0.3, 0.4) is 0 Å². The van der Waals surface area contributed by atoms with Gasteiger partial charge in [0, 0.05) is 42.0 Å². The molecule has 0 amide bonds. The molecule has 1 saturated carbocycles. The minimum Gasteiger partial charge on any atom is -0.422 e. The van der Waals surface area contributed by atoms with Crippen molar-refractivity contribution in [2.75, 3.05) is 36.5 Å². The molecule has 3 heterocycles. The number of ether oxygens (including phenoxy) is 1.